The van der Waals surface area contributed by atoms with Crippen LogP contribution in [0.5, 0.6) is 5.75 Å². The van der Waals surface area contributed by atoms with Crippen LogP contribution in [-0.4, -0.2) is 41.2 Å². The Balaban J connectivity index is 1.69. The first-order chi connectivity index (χ1) is 9.52. The number of nitrogens with zero attached hydrogens (tertiary/aromatic N) is 1. The van der Waals surface area contributed by atoms with Crippen LogP contribution >= 0.6 is 0 Å². The number of hydrogen-bond donors (Lipinski definition) is 1. The molecule has 1 aliphatic rings. The molecule has 1 aromatic carbocycles. The van der Waals surface area contributed by atoms with Crippen LogP contribution in [0, 0.1) is 5.82 Å². The largest absolute Gasteiger partial charge is 0.493 e. The summed E-state index contributed by atoms with van der Waals surface area (Å²) in [5, 5.41) is 10.00. The van der Waals surface area contributed by atoms with Crippen molar-refractivity contribution in [1.29, 1.82) is 0 Å². The number of amides is 1. The molecule has 0 saturated carbocycles. The second kappa shape index (κ2) is 6.22. The zero-order valence-electron chi connectivity index (χ0n) is 11.6. The van der Waals surface area contributed by atoms with Crippen molar-refractivity contribution in [3.63, 3.8) is 0 Å². The van der Waals surface area contributed by atoms with Crippen LogP contribution in [0.25, 0.3) is 0 Å². The lowest BCUT2D eigenvalue weighted by Gasteiger charge is -2.46. The van der Waals surface area contributed by atoms with Gasteiger partial charge in [-0.1, -0.05) is 19.4 Å². The number of β-amino-alcohol motifs (C(OH)–C–C–N with tert-alkyl or cyclic N) is 1. The van der Waals surface area contributed by atoms with Crippen molar-refractivity contribution in [2.24, 2.45) is 0 Å². The zero-order chi connectivity index (χ0) is 14.6. The van der Waals surface area contributed by atoms with Crippen LogP contribution in [0.2, 0.25) is 0 Å². The van der Waals surface area contributed by atoms with E-state index in [1.165, 1.54) is 12.1 Å². The molecular formula is C15H20FNO3. The predicted molar refractivity (Wildman–Crippen MR) is 72.9 cm³/mol. The summed E-state index contributed by atoms with van der Waals surface area (Å²) in [6.07, 6.45) is 1.86. The third-order valence-electron chi connectivity index (χ3n) is 3.42. The highest BCUT2D eigenvalue weighted by molar-refractivity contribution is 5.77. The van der Waals surface area contributed by atoms with Crippen LogP contribution in [0.1, 0.15) is 26.2 Å². The van der Waals surface area contributed by atoms with E-state index in [1.807, 2.05) is 6.92 Å². The summed E-state index contributed by atoms with van der Waals surface area (Å²) >= 11 is 0. The fraction of sp³-hybridized carbons (Fsp3) is 0.533. The van der Waals surface area contributed by atoms with Crippen molar-refractivity contribution in [2.75, 3.05) is 19.7 Å². The Labute approximate surface area is 118 Å². The lowest BCUT2D eigenvalue weighted by molar-refractivity contribution is -0.157. The van der Waals surface area contributed by atoms with Gasteiger partial charge >= 0.3 is 0 Å². The van der Waals surface area contributed by atoms with Crippen molar-refractivity contribution in [1.82, 2.24) is 4.90 Å². The minimum atomic E-state index is -0.701. The second-order valence-corrected chi connectivity index (χ2v) is 5.28. The van der Waals surface area contributed by atoms with Gasteiger partial charge in [0.1, 0.15) is 11.6 Å². The van der Waals surface area contributed by atoms with Gasteiger partial charge in [0.2, 0.25) is 5.91 Å². The molecule has 0 aliphatic carbocycles. The zero-order valence-corrected chi connectivity index (χ0v) is 11.6. The maximum atomic E-state index is 12.9. The number of carbonyl (C=O) groups excluding carboxylic acids is 1. The van der Waals surface area contributed by atoms with E-state index in [2.05, 4.69) is 0 Å². The number of aliphatic hydroxyl groups is 1. The molecule has 5 heteroatoms. The maximum absolute atomic E-state index is 12.9. The van der Waals surface area contributed by atoms with Crippen molar-refractivity contribution >= 4 is 5.91 Å². The highest BCUT2D eigenvalue weighted by Crippen LogP contribution is 2.26. The van der Waals surface area contributed by atoms with E-state index in [-0.39, 0.29) is 24.8 Å². The molecule has 1 saturated heterocycles. The highest BCUT2D eigenvalue weighted by Gasteiger charge is 2.42. The number of hydrogen-bond acceptors (Lipinski definition) is 3. The quantitative estimate of drug-likeness (QED) is 0.867. The molecule has 2 rings (SSSR count). The van der Waals surface area contributed by atoms with Crippen molar-refractivity contribution < 1.29 is 19.0 Å². The standard InChI is InChI=1S/C15H20FNO3/c1-2-7-15(19)10-17(11-15)14(18)6-8-20-13-5-3-4-12(16)9-13/h3-5,9,19H,2,6-8,10-11H2,1H3. The van der Waals surface area contributed by atoms with Gasteiger partial charge < -0.3 is 14.7 Å². The van der Waals surface area contributed by atoms with Crippen LogP contribution in [0.4, 0.5) is 4.39 Å². The molecule has 0 spiro atoms. The fourth-order valence-corrected chi connectivity index (χ4v) is 2.44. The minimum Gasteiger partial charge on any atom is -0.493 e. The van der Waals surface area contributed by atoms with Gasteiger partial charge in [0.15, 0.2) is 0 Å². The lowest BCUT2D eigenvalue weighted by Crippen LogP contribution is -2.63. The van der Waals surface area contributed by atoms with Crippen molar-refractivity contribution in [3.05, 3.63) is 30.1 Å². The van der Waals surface area contributed by atoms with Crippen LogP contribution in [-0.2, 0) is 4.79 Å². The molecule has 1 aliphatic heterocycles. The van der Waals surface area contributed by atoms with Crippen LogP contribution in [0.3, 0.4) is 0 Å². The Kier molecular flexibility index (Phi) is 4.60. The fourth-order valence-electron chi connectivity index (χ4n) is 2.44. The van der Waals surface area contributed by atoms with Gasteiger partial charge in [-0.3, -0.25) is 4.79 Å². The SMILES string of the molecule is CCCC1(O)CN(C(=O)CCOc2cccc(F)c2)C1. The first-order valence-corrected chi connectivity index (χ1v) is 6.91. The molecule has 110 valence electrons. The Hall–Kier alpha value is -1.62. The first-order valence-electron chi connectivity index (χ1n) is 6.91. The summed E-state index contributed by atoms with van der Waals surface area (Å²) in [6, 6.07) is 5.84. The monoisotopic (exact) mass is 281 g/mol. The summed E-state index contributed by atoms with van der Waals surface area (Å²) in [6.45, 7) is 3.03. The molecule has 0 atom stereocenters. The number of rotatable bonds is 6. The topological polar surface area (TPSA) is 49.8 Å². The molecule has 1 N–H and O–H groups in total. The molecule has 1 aromatic rings. The molecule has 4 nitrogen and oxygen atoms in total. The Morgan fingerprint density at radius 3 is 2.90 bits per heavy atom. The summed E-state index contributed by atoms with van der Waals surface area (Å²) < 4.78 is 18.2. The number of carbonyl (C=O) groups is 1. The minimum absolute atomic E-state index is 0.0396. The van der Waals surface area contributed by atoms with E-state index < -0.39 is 5.60 Å². The van der Waals surface area contributed by atoms with Gasteiger partial charge in [-0.05, 0) is 18.6 Å². The van der Waals surface area contributed by atoms with Crippen LogP contribution in [0.15, 0.2) is 24.3 Å². The van der Waals surface area contributed by atoms with E-state index in [1.54, 1.807) is 17.0 Å². The van der Waals surface area contributed by atoms with Crippen LogP contribution < -0.4 is 4.74 Å². The van der Waals surface area contributed by atoms with Gasteiger partial charge in [-0.25, -0.2) is 4.39 Å². The summed E-state index contributed by atoms with van der Waals surface area (Å²) in [5.74, 6) is 0.0206. The molecular weight excluding hydrogens is 261 g/mol. The lowest BCUT2D eigenvalue weighted by atomic mass is 9.89. The van der Waals surface area contributed by atoms with E-state index in [9.17, 15) is 14.3 Å². The average Bonchev–Trinajstić information content (AvgIpc) is 2.36. The summed E-state index contributed by atoms with van der Waals surface area (Å²) in [7, 11) is 0. The van der Waals surface area contributed by atoms with Gasteiger partial charge in [-0.2, -0.15) is 0 Å². The Morgan fingerprint density at radius 2 is 2.25 bits per heavy atom. The van der Waals surface area contributed by atoms with E-state index in [0.717, 1.165) is 12.8 Å². The van der Waals surface area contributed by atoms with E-state index in [4.69, 9.17) is 4.74 Å². The predicted octanol–water partition coefficient (Wildman–Crippen LogP) is 1.97. The molecule has 1 amide bonds. The number of halogens is 1. The van der Waals surface area contributed by atoms with Crippen molar-refractivity contribution in [3.8, 4) is 5.75 Å². The highest BCUT2D eigenvalue weighted by atomic mass is 19.1. The van der Waals surface area contributed by atoms with Gasteiger partial charge in [0.25, 0.3) is 0 Å². The average molecular weight is 281 g/mol. The summed E-state index contributed by atoms with van der Waals surface area (Å²) in [5.41, 5.74) is -0.701. The Morgan fingerprint density at radius 1 is 1.50 bits per heavy atom. The Bertz CT molecular complexity index is 472. The van der Waals surface area contributed by atoms with E-state index in [0.29, 0.717) is 18.8 Å². The van der Waals surface area contributed by atoms with Crippen molar-refractivity contribution in [2.45, 2.75) is 31.8 Å². The molecule has 0 aromatic heterocycles. The number of benzene rings is 1. The summed E-state index contributed by atoms with van der Waals surface area (Å²) in [4.78, 5) is 13.5. The van der Waals surface area contributed by atoms with Gasteiger partial charge in [-0.15, -0.1) is 0 Å². The molecule has 0 unspecified atom stereocenters. The number of ether oxygens (including phenoxy) is 1. The molecule has 0 bridgehead atoms. The first kappa shape index (κ1) is 14.8. The third kappa shape index (κ3) is 3.70. The van der Waals surface area contributed by atoms with E-state index >= 15 is 0 Å². The molecule has 1 fully saturated rings. The third-order valence-corrected chi connectivity index (χ3v) is 3.42. The number of likely N-dealkylation sites (tertiary alicyclic amines) is 1. The smallest absolute Gasteiger partial charge is 0.226 e. The normalized spacial score (nSPS) is 16.6. The van der Waals surface area contributed by atoms with Gasteiger partial charge in [0, 0.05) is 6.07 Å². The molecule has 0 radical (unpaired) electrons. The molecule has 1 heterocycles. The van der Waals surface area contributed by atoms with Gasteiger partial charge in [0.05, 0.1) is 31.7 Å². The second-order valence-electron chi connectivity index (χ2n) is 5.28. The maximum Gasteiger partial charge on any atom is 0.226 e. The molecule has 20 heavy (non-hydrogen) atoms.